The van der Waals surface area contributed by atoms with E-state index >= 15 is 0 Å². The number of rotatable bonds is 8. The Balaban J connectivity index is 2.85. The van der Waals surface area contributed by atoms with Gasteiger partial charge in [-0.05, 0) is 0 Å². The molecule has 0 spiro atoms. The van der Waals surface area contributed by atoms with Crippen LogP contribution in [-0.4, -0.2) is 109 Å². The third-order valence-corrected chi connectivity index (χ3v) is 3.29. The van der Waals surface area contributed by atoms with Crippen LogP contribution in [0, 0.1) is 0 Å². The van der Waals surface area contributed by atoms with Gasteiger partial charge in [0.15, 0.2) is 0 Å². The molecule has 9 nitrogen and oxygen atoms in total. The van der Waals surface area contributed by atoms with E-state index < -0.39 is 5.97 Å². The predicted molar refractivity (Wildman–Crippen MR) is 77.0 cm³/mol. The van der Waals surface area contributed by atoms with Crippen LogP contribution < -0.4 is 0 Å². The number of carboxylic acid groups (broad SMARTS) is 1. The number of aldehydes is 3. The Hall–Kier alpha value is -1.68. The van der Waals surface area contributed by atoms with E-state index in [0.29, 0.717) is 26.4 Å². The van der Waals surface area contributed by atoms with Crippen LogP contribution in [0.15, 0.2) is 0 Å². The number of carbonyl (C=O) groups excluding carboxylic acids is 3. The molecule has 0 aliphatic carbocycles. The Morgan fingerprint density at radius 3 is 1.64 bits per heavy atom. The summed E-state index contributed by atoms with van der Waals surface area (Å²) in [6, 6.07) is 0. The largest absolute Gasteiger partial charge is 0.480 e. The molecule has 124 valence electrons. The minimum Gasteiger partial charge on any atom is -0.480 e. The highest BCUT2D eigenvalue weighted by molar-refractivity contribution is 5.69. The molecule has 1 aliphatic heterocycles. The summed E-state index contributed by atoms with van der Waals surface area (Å²) in [5, 5.41) is 8.99. The van der Waals surface area contributed by atoms with E-state index in [9.17, 15) is 19.2 Å². The van der Waals surface area contributed by atoms with Gasteiger partial charge in [-0.3, -0.25) is 24.4 Å². The second kappa shape index (κ2) is 10.1. The molecule has 0 unspecified atom stereocenters. The van der Waals surface area contributed by atoms with E-state index in [2.05, 4.69) is 0 Å². The summed E-state index contributed by atoms with van der Waals surface area (Å²) >= 11 is 0. The number of carboxylic acids is 1. The fourth-order valence-electron chi connectivity index (χ4n) is 2.38. The first-order valence-corrected chi connectivity index (χ1v) is 7.01. The van der Waals surface area contributed by atoms with E-state index in [1.54, 1.807) is 9.80 Å². The van der Waals surface area contributed by atoms with Crippen molar-refractivity contribution in [2.75, 3.05) is 59.3 Å². The summed E-state index contributed by atoms with van der Waals surface area (Å²) in [5.74, 6) is -0.971. The fraction of sp³-hybridized carbons (Fsp3) is 0.692. The van der Waals surface area contributed by atoms with Gasteiger partial charge in [0.1, 0.15) is 18.9 Å². The zero-order valence-corrected chi connectivity index (χ0v) is 12.5. The van der Waals surface area contributed by atoms with E-state index in [-0.39, 0.29) is 32.8 Å². The molecule has 0 atom stereocenters. The van der Waals surface area contributed by atoms with E-state index in [1.807, 2.05) is 9.80 Å². The zero-order valence-electron chi connectivity index (χ0n) is 12.5. The molecular formula is C13H22N4O5. The molecule has 0 radical (unpaired) electrons. The van der Waals surface area contributed by atoms with Gasteiger partial charge in [-0.25, -0.2) is 0 Å². The maximum Gasteiger partial charge on any atom is 0.317 e. The van der Waals surface area contributed by atoms with Crippen molar-refractivity contribution >= 4 is 24.8 Å². The molecule has 1 aliphatic rings. The van der Waals surface area contributed by atoms with Crippen LogP contribution in [0.2, 0.25) is 0 Å². The maximum atomic E-state index is 11.0. The monoisotopic (exact) mass is 314 g/mol. The number of nitrogens with zero attached hydrogens (tertiary/aromatic N) is 4. The molecule has 0 amide bonds. The Bertz CT molecular complexity index is 393. The fourth-order valence-corrected chi connectivity index (χ4v) is 2.38. The van der Waals surface area contributed by atoms with Crippen LogP contribution in [-0.2, 0) is 19.2 Å². The van der Waals surface area contributed by atoms with Crippen molar-refractivity contribution in [2.24, 2.45) is 0 Å². The summed E-state index contributed by atoms with van der Waals surface area (Å²) in [6.45, 7) is 2.47. The van der Waals surface area contributed by atoms with Gasteiger partial charge >= 0.3 is 5.97 Å². The van der Waals surface area contributed by atoms with Gasteiger partial charge in [0.2, 0.25) is 0 Å². The summed E-state index contributed by atoms with van der Waals surface area (Å²) in [4.78, 5) is 50.4. The first-order valence-electron chi connectivity index (χ1n) is 7.01. The normalized spacial score (nSPS) is 19.8. The Morgan fingerprint density at radius 2 is 1.18 bits per heavy atom. The van der Waals surface area contributed by atoms with Gasteiger partial charge in [0.05, 0.1) is 46.2 Å². The molecule has 0 bridgehead atoms. The first-order chi connectivity index (χ1) is 10.6. The van der Waals surface area contributed by atoms with Crippen molar-refractivity contribution in [1.29, 1.82) is 0 Å². The van der Waals surface area contributed by atoms with Crippen molar-refractivity contribution in [1.82, 2.24) is 19.6 Å². The number of aliphatic carboxylic acids is 1. The van der Waals surface area contributed by atoms with Crippen molar-refractivity contribution in [3.8, 4) is 0 Å². The summed E-state index contributed by atoms with van der Waals surface area (Å²) in [7, 11) is 0. The molecule has 1 N–H and O–H groups in total. The van der Waals surface area contributed by atoms with Crippen LogP contribution in [0.25, 0.3) is 0 Å². The molecule has 1 heterocycles. The third kappa shape index (κ3) is 6.85. The highest BCUT2D eigenvalue weighted by Gasteiger charge is 2.22. The van der Waals surface area contributed by atoms with Gasteiger partial charge in [-0.15, -0.1) is 0 Å². The van der Waals surface area contributed by atoms with E-state index in [0.717, 1.165) is 18.9 Å². The van der Waals surface area contributed by atoms with Crippen LogP contribution in [0.1, 0.15) is 0 Å². The smallest absolute Gasteiger partial charge is 0.317 e. The molecule has 1 saturated heterocycles. The minimum atomic E-state index is -0.971. The van der Waals surface area contributed by atoms with Crippen molar-refractivity contribution in [3.63, 3.8) is 0 Å². The lowest BCUT2D eigenvalue weighted by Gasteiger charge is -2.30. The molecule has 0 saturated carbocycles. The van der Waals surface area contributed by atoms with Gasteiger partial charge < -0.3 is 19.5 Å². The van der Waals surface area contributed by atoms with Crippen molar-refractivity contribution < 1.29 is 24.3 Å². The summed E-state index contributed by atoms with van der Waals surface area (Å²) in [6.07, 6.45) is 2.30. The molecule has 9 heteroatoms. The van der Waals surface area contributed by atoms with Crippen LogP contribution in [0.4, 0.5) is 0 Å². The highest BCUT2D eigenvalue weighted by atomic mass is 16.4. The number of carbonyl (C=O) groups is 4. The molecule has 0 aromatic carbocycles. The lowest BCUT2D eigenvalue weighted by molar-refractivity contribution is -0.139. The van der Waals surface area contributed by atoms with Crippen LogP contribution >= 0.6 is 0 Å². The third-order valence-electron chi connectivity index (χ3n) is 3.29. The van der Waals surface area contributed by atoms with Crippen molar-refractivity contribution in [3.05, 3.63) is 0 Å². The zero-order chi connectivity index (χ0) is 16.4. The molecular weight excluding hydrogens is 292 g/mol. The van der Waals surface area contributed by atoms with Gasteiger partial charge in [-0.2, -0.15) is 0 Å². The van der Waals surface area contributed by atoms with Gasteiger partial charge in [-0.1, -0.05) is 0 Å². The van der Waals surface area contributed by atoms with Gasteiger partial charge in [0, 0.05) is 13.1 Å². The van der Waals surface area contributed by atoms with Crippen LogP contribution in [0.5, 0.6) is 0 Å². The Kier molecular flexibility index (Phi) is 8.44. The standard InChI is InChI=1S/C13H22N4O5/c18-6-3-14-1-2-15(4-7-19)11-17(9-13(21)22)12-16(10-14)5-8-20/h6-8H,1-5,9-12H2,(H,21,22). The highest BCUT2D eigenvalue weighted by Crippen LogP contribution is 2.04. The average molecular weight is 314 g/mol. The van der Waals surface area contributed by atoms with E-state index in [4.69, 9.17) is 5.11 Å². The van der Waals surface area contributed by atoms with Crippen molar-refractivity contribution in [2.45, 2.75) is 0 Å². The predicted octanol–water partition coefficient (Wildman–Crippen LogP) is -2.24. The second-order valence-electron chi connectivity index (χ2n) is 5.15. The summed E-state index contributed by atoms with van der Waals surface area (Å²) < 4.78 is 0. The molecule has 0 aromatic rings. The maximum absolute atomic E-state index is 11.0. The first kappa shape index (κ1) is 18.4. The molecule has 0 aromatic heterocycles. The van der Waals surface area contributed by atoms with E-state index in [1.165, 1.54) is 0 Å². The second-order valence-corrected chi connectivity index (χ2v) is 5.15. The summed E-state index contributed by atoms with van der Waals surface area (Å²) in [5.41, 5.74) is 0. The van der Waals surface area contributed by atoms with Crippen LogP contribution in [0.3, 0.4) is 0 Å². The number of hydrogen-bond acceptors (Lipinski definition) is 8. The lowest BCUT2D eigenvalue weighted by atomic mass is 10.4. The lowest BCUT2D eigenvalue weighted by Crippen LogP contribution is -2.47. The number of hydrogen-bond donors (Lipinski definition) is 1. The molecule has 1 rings (SSSR count). The quantitative estimate of drug-likeness (QED) is 0.498. The minimum absolute atomic E-state index is 0.152. The topological polar surface area (TPSA) is 101 Å². The molecule has 1 fully saturated rings. The molecule has 22 heavy (non-hydrogen) atoms. The van der Waals surface area contributed by atoms with Gasteiger partial charge in [0.25, 0.3) is 0 Å². The average Bonchev–Trinajstić information content (AvgIpc) is 2.50. The Labute approximate surface area is 129 Å². The SMILES string of the molecule is O=CCN1CCN(CC=O)CN(CC(=O)O)CN(CC=O)C1. The Morgan fingerprint density at radius 1 is 0.773 bits per heavy atom.